The van der Waals surface area contributed by atoms with Crippen LogP contribution in [0.5, 0.6) is 0 Å². The standard InChI is InChI=1S/C15H27N3/c1-4-17-15(11-16)7-5-14(10-15)18-8-6-12(2)9-13(18)3/h12-14,17H,4-10H2,1-3H3. The number of nitrogens with zero attached hydrogens (tertiary/aromatic N) is 2. The highest BCUT2D eigenvalue weighted by molar-refractivity contribution is 5.13. The normalized spacial score (nSPS) is 41.8. The molecule has 4 atom stereocenters. The summed E-state index contributed by atoms with van der Waals surface area (Å²) >= 11 is 0. The number of likely N-dealkylation sites (tertiary alicyclic amines) is 1. The van der Waals surface area contributed by atoms with Gasteiger partial charge in [-0.15, -0.1) is 0 Å². The van der Waals surface area contributed by atoms with E-state index in [-0.39, 0.29) is 5.54 Å². The average Bonchev–Trinajstić information content (AvgIpc) is 2.74. The minimum absolute atomic E-state index is 0.248. The van der Waals surface area contributed by atoms with Gasteiger partial charge < -0.3 is 0 Å². The smallest absolute Gasteiger partial charge is 0.108 e. The molecule has 4 unspecified atom stereocenters. The summed E-state index contributed by atoms with van der Waals surface area (Å²) in [5.41, 5.74) is -0.248. The molecule has 2 rings (SSSR count). The van der Waals surface area contributed by atoms with E-state index in [9.17, 15) is 5.26 Å². The summed E-state index contributed by atoms with van der Waals surface area (Å²) in [6, 6.07) is 3.84. The predicted molar refractivity (Wildman–Crippen MR) is 74.2 cm³/mol. The van der Waals surface area contributed by atoms with Gasteiger partial charge in [0.15, 0.2) is 0 Å². The minimum atomic E-state index is -0.248. The fraction of sp³-hybridized carbons (Fsp3) is 0.933. The fourth-order valence-electron chi connectivity index (χ4n) is 3.91. The van der Waals surface area contributed by atoms with Crippen LogP contribution in [0.4, 0.5) is 0 Å². The maximum Gasteiger partial charge on any atom is 0.108 e. The van der Waals surface area contributed by atoms with Crippen molar-refractivity contribution in [3.05, 3.63) is 0 Å². The molecule has 0 spiro atoms. The summed E-state index contributed by atoms with van der Waals surface area (Å²) in [4.78, 5) is 2.66. The molecule has 0 bridgehead atoms. The zero-order valence-corrected chi connectivity index (χ0v) is 12.1. The van der Waals surface area contributed by atoms with Crippen molar-refractivity contribution in [3.8, 4) is 6.07 Å². The van der Waals surface area contributed by atoms with Crippen molar-refractivity contribution in [2.75, 3.05) is 13.1 Å². The molecule has 0 aromatic carbocycles. The van der Waals surface area contributed by atoms with E-state index in [1.807, 2.05) is 0 Å². The lowest BCUT2D eigenvalue weighted by molar-refractivity contribution is 0.0817. The Morgan fingerprint density at radius 3 is 2.78 bits per heavy atom. The van der Waals surface area contributed by atoms with Gasteiger partial charge in [0.1, 0.15) is 5.54 Å². The molecule has 1 aliphatic carbocycles. The number of nitriles is 1. The summed E-state index contributed by atoms with van der Waals surface area (Å²) < 4.78 is 0. The van der Waals surface area contributed by atoms with Crippen molar-refractivity contribution in [3.63, 3.8) is 0 Å². The molecular formula is C15H27N3. The Labute approximate surface area is 112 Å². The molecule has 1 N–H and O–H groups in total. The van der Waals surface area contributed by atoms with E-state index in [4.69, 9.17) is 0 Å². The van der Waals surface area contributed by atoms with E-state index < -0.39 is 0 Å². The van der Waals surface area contributed by atoms with Crippen LogP contribution < -0.4 is 5.32 Å². The zero-order valence-electron chi connectivity index (χ0n) is 12.1. The molecule has 18 heavy (non-hydrogen) atoms. The van der Waals surface area contributed by atoms with Gasteiger partial charge in [-0.2, -0.15) is 5.26 Å². The Morgan fingerprint density at radius 2 is 2.17 bits per heavy atom. The summed E-state index contributed by atoms with van der Waals surface area (Å²) in [7, 11) is 0. The molecule has 0 amide bonds. The first kappa shape index (κ1) is 13.8. The molecular weight excluding hydrogens is 222 g/mol. The molecule has 3 nitrogen and oxygen atoms in total. The Bertz CT molecular complexity index is 322. The minimum Gasteiger partial charge on any atom is -0.300 e. The summed E-state index contributed by atoms with van der Waals surface area (Å²) in [6.07, 6.45) is 5.84. The van der Waals surface area contributed by atoms with Crippen molar-refractivity contribution in [2.45, 2.75) is 70.5 Å². The molecule has 1 heterocycles. The van der Waals surface area contributed by atoms with Gasteiger partial charge in [-0.3, -0.25) is 10.2 Å². The second-order valence-electron chi connectivity index (χ2n) is 6.34. The lowest BCUT2D eigenvalue weighted by Crippen LogP contribution is -2.48. The molecule has 0 aromatic heterocycles. The van der Waals surface area contributed by atoms with Crippen LogP contribution >= 0.6 is 0 Å². The van der Waals surface area contributed by atoms with Crippen molar-refractivity contribution in [1.82, 2.24) is 10.2 Å². The third-order valence-electron chi connectivity index (χ3n) is 4.88. The van der Waals surface area contributed by atoms with Crippen LogP contribution in [0.1, 0.15) is 52.9 Å². The van der Waals surface area contributed by atoms with Gasteiger partial charge in [0.25, 0.3) is 0 Å². The van der Waals surface area contributed by atoms with Crippen LogP contribution in [-0.4, -0.2) is 35.6 Å². The van der Waals surface area contributed by atoms with Crippen molar-refractivity contribution in [2.24, 2.45) is 5.92 Å². The van der Waals surface area contributed by atoms with Crippen molar-refractivity contribution < 1.29 is 0 Å². The SMILES string of the molecule is CCNC1(C#N)CCC(N2CCC(C)CC2C)C1. The van der Waals surface area contributed by atoms with Crippen LogP contribution in [0, 0.1) is 17.2 Å². The van der Waals surface area contributed by atoms with Crippen LogP contribution in [0.2, 0.25) is 0 Å². The Morgan fingerprint density at radius 1 is 1.39 bits per heavy atom. The Balaban J connectivity index is 1.98. The zero-order chi connectivity index (χ0) is 13.2. The van der Waals surface area contributed by atoms with Gasteiger partial charge >= 0.3 is 0 Å². The molecule has 1 aliphatic heterocycles. The van der Waals surface area contributed by atoms with Gasteiger partial charge in [0, 0.05) is 12.1 Å². The van der Waals surface area contributed by atoms with E-state index >= 15 is 0 Å². The maximum absolute atomic E-state index is 9.44. The summed E-state index contributed by atoms with van der Waals surface area (Å²) in [6.45, 7) is 8.93. The molecule has 102 valence electrons. The van der Waals surface area contributed by atoms with Crippen molar-refractivity contribution >= 4 is 0 Å². The first-order valence-electron chi connectivity index (χ1n) is 7.52. The fourth-order valence-corrected chi connectivity index (χ4v) is 3.91. The largest absolute Gasteiger partial charge is 0.300 e. The molecule has 1 saturated heterocycles. The molecule has 2 aliphatic rings. The molecule has 0 radical (unpaired) electrons. The predicted octanol–water partition coefficient (Wildman–Crippen LogP) is 2.53. The molecule has 1 saturated carbocycles. The monoisotopic (exact) mass is 249 g/mol. The highest BCUT2D eigenvalue weighted by Crippen LogP contribution is 2.36. The van der Waals surface area contributed by atoms with Gasteiger partial charge in [0.2, 0.25) is 0 Å². The van der Waals surface area contributed by atoms with Crippen LogP contribution in [0.3, 0.4) is 0 Å². The van der Waals surface area contributed by atoms with E-state index in [2.05, 4.69) is 37.1 Å². The topological polar surface area (TPSA) is 39.1 Å². The van der Waals surface area contributed by atoms with Crippen LogP contribution in [0.15, 0.2) is 0 Å². The van der Waals surface area contributed by atoms with Gasteiger partial charge in [-0.1, -0.05) is 13.8 Å². The summed E-state index contributed by atoms with van der Waals surface area (Å²) in [5, 5.41) is 12.9. The average molecular weight is 249 g/mol. The highest BCUT2D eigenvalue weighted by Gasteiger charge is 2.42. The number of piperidine rings is 1. The molecule has 3 heteroatoms. The van der Waals surface area contributed by atoms with E-state index in [0.717, 1.165) is 25.3 Å². The first-order chi connectivity index (χ1) is 8.60. The molecule has 2 fully saturated rings. The number of nitrogens with one attached hydrogen (secondary N) is 1. The Kier molecular flexibility index (Phi) is 4.29. The quantitative estimate of drug-likeness (QED) is 0.835. The lowest BCUT2D eigenvalue weighted by atomic mass is 9.91. The highest BCUT2D eigenvalue weighted by atomic mass is 15.2. The lowest BCUT2D eigenvalue weighted by Gasteiger charge is -2.41. The van der Waals surface area contributed by atoms with Crippen LogP contribution in [-0.2, 0) is 0 Å². The third kappa shape index (κ3) is 2.70. The van der Waals surface area contributed by atoms with Gasteiger partial charge in [-0.05, 0) is 58.0 Å². The molecule has 0 aromatic rings. The van der Waals surface area contributed by atoms with Crippen molar-refractivity contribution in [1.29, 1.82) is 5.26 Å². The van der Waals surface area contributed by atoms with Crippen LogP contribution in [0.25, 0.3) is 0 Å². The van der Waals surface area contributed by atoms with E-state index in [1.54, 1.807) is 0 Å². The number of hydrogen-bond donors (Lipinski definition) is 1. The second-order valence-corrected chi connectivity index (χ2v) is 6.34. The Hall–Kier alpha value is -0.590. The summed E-state index contributed by atoms with van der Waals surface area (Å²) in [5.74, 6) is 0.868. The third-order valence-corrected chi connectivity index (χ3v) is 4.88. The second kappa shape index (κ2) is 5.59. The van der Waals surface area contributed by atoms with E-state index in [0.29, 0.717) is 12.1 Å². The van der Waals surface area contributed by atoms with Gasteiger partial charge in [-0.25, -0.2) is 0 Å². The maximum atomic E-state index is 9.44. The van der Waals surface area contributed by atoms with E-state index in [1.165, 1.54) is 25.8 Å². The number of hydrogen-bond acceptors (Lipinski definition) is 3. The number of rotatable bonds is 3. The first-order valence-corrected chi connectivity index (χ1v) is 7.52. The van der Waals surface area contributed by atoms with Gasteiger partial charge in [0.05, 0.1) is 6.07 Å².